The van der Waals surface area contributed by atoms with Crippen molar-refractivity contribution in [2.45, 2.75) is 18.8 Å². The van der Waals surface area contributed by atoms with Gasteiger partial charge in [0.2, 0.25) is 5.91 Å². The fourth-order valence-corrected chi connectivity index (χ4v) is 2.26. The molecule has 1 amide bonds. The van der Waals surface area contributed by atoms with Crippen molar-refractivity contribution in [3.05, 3.63) is 16.6 Å². The predicted octanol–water partition coefficient (Wildman–Crippen LogP) is 1.12. The Bertz CT molecular complexity index is 277. The molecule has 2 N–H and O–H groups in total. The van der Waals surface area contributed by atoms with Crippen LogP contribution in [-0.4, -0.2) is 10.9 Å². The maximum Gasteiger partial charge on any atom is 0.220 e. The van der Waals surface area contributed by atoms with E-state index < -0.39 is 0 Å². The zero-order valence-corrected chi connectivity index (χ0v) is 7.38. The fourth-order valence-electron chi connectivity index (χ4n) is 1.49. The van der Waals surface area contributed by atoms with Crippen LogP contribution in [0.15, 0.2) is 11.6 Å². The van der Waals surface area contributed by atoms with Crippen molar-refractivity contribution < 1.29 is 4.79 Å². The molecular weight excluding hydrogens is 172 g/mol. The second kappa shape index (κ2) is 2.86. The number of nitrogens with zero attached hydrogens (tertiary/aromatic N) is 1. The highest BCUT2D eigenvalue weighted by Gasteiger charge is 2.35. The summed E-state index contributed by atoms with van der Waals surface area (Å²) in [5.41, 5.74) is 5.16. The second-order valence-corrected chi connectivity index (χ2v) is 4.06. The van der Waals surface area contributed by atoms with Crippen molar-refractivity contribution in [3.8, 4) is 0 Å². The van der Waals surface area contributed by atoms with Crippen LogP contribution in [0.1, 0.15) is 23.8 Å². The van der Waals surface area contributed by atoms with E-state index in [1.54, 1.807) is 17.5 Å². The molecule has 0 aliphatic heterocycles. The number of primary amides is 1. The monoisotopic (exact) mass is 182 g/mol. The quantitative estimate of drug-likeness (QED) is 0.745. The van der Waals surface area contributed by atoms with Crippen molar-refractivity contribution in [1.29, 1.82) is 0 Å². The van der Waals surface area contributed by atoms with Gasteiger partial charge in [-0.05, 0) is 12.8 Å². The van der Waals surface area contributed by atoms with Gasteiger partial charge < -0.3 is 5.73 Å². The molecular formula is C8H10N2OS. The molecule has 0 atom stereocenters. The van der Waals surface area contributed by atoms with Crippen LogP contribution in [0.2, 0.25) is 0 Å². The first-order chi connectivity index (χ1) is 5.77. The van der Waals surface area contributed by atoms with Gasteiger partial charge in [-0.25, -0.2) is 4.98 Å². The maximum atomic E-state index is 10.7. The minimum atomic E-state index is -0.164. The molecule has 1 aliphatic rings. The Labute approximate surface area is 74.6 Å². The first kappa shape index (κ1) is 7.73. The lowest BCUT2D eigenvalue weighted by Crippen LogP contribution is -2.33. The molecule has 3 nitrogen and oxygen atoms in total. The van der Waals surface area contributed by atoms with Gasteiger partial charge in [-0.3, -0.25) is 4.79 Å². The fraction of sp³-hybridized carbons (Fsp3) is 0.500. The predicted molar refractivity (Wildman–Crippen MR) is 46.8 cm³/mol. The first-order valence-corrected chi connectivity index (χ1v) is 4.84. The molecule has 1 fully saturated rings. The number of thiazole rings is 1. The van der Waals surface area contributed by atoms with E-state index in [0.29, 0.717) is 5.92 Å². The van der Waals surface area contributed by atoms with Gasteiger partial charge in [0, 0.05) is 23.4 Å². The molecule has 0 spiro atoms. The minimum Gasteiger partial charge on any atom is -0.369 e. The van der Waals surface area contributed by atoms with Crippen molar-refractivity contribution in [2.75, 3.05) is 0 Å². The summed E-state index contributed by atoms with van der Waals surface area (Å²) < 4.78 is 0. The van der Waals surface area contributed by atoms with Crippen molar-refractivity contribution in [3.63, 3.8) is 0 Å². The number of rotatable bonds is 2. The SMILES string of the molecule is NC(=O)C1CC(c2nccs2)C1. The zero-order valence-electron chi connectivity index (χ0n) is 6.56. The van der Waals surface area contributed by atoms with Crippen LogP contribution >= 0.6 is 11.3 Å². The lowest BCUT2D eigenvalue weighted by Gasteiger charge is -2.31. The summed E-state index contributed by atoms with van der Waals surface area (Å²) in [5.74, 6) is 0.421. The largest absolute Gasteiger partial charge is 0.369 e. The number of nitrogens with two attached hydrogens (primary N) is 1. The highest BCUT2D eigenvalue weighted by Crippen LogP contribution is 2.41. The molecule has 12 heavy (non-hydrogen) atoms. The van der Waals surface area contributed by atoms with Gasteiger partial charge in [0.1, 0.15) is 0 Å². The molecule has 64 valence electrons. The van der Waals surface area contributed by atoms with Gasteiger partial charge in [0.25, 0.3) is 0 Å². The van der Waals surface area contributed by atoms with Gasteiger partial charge in [0.05, 0.1) is 5.01 Å². The van der Waals surface area contributed by atoms with Gasteiger partial charge >= 0.3 is 0 Å². The summed E-state index contributed by atoms with van der Waals surface area (Å²) in [7, 11) is 0. The van der Waals surface area contributed by atoms with E-state index >= 15 is 0 Å². The molecule has 1 saturated carbocycles. The summed E-state index contributed by atoms with van der Waals surface area (Å²) >= 11 is 1.66. The topological polar surface area (TPSA) is 56.0 Å². The van der Waals surface area contributed by atoms with Crippen LogP contribution in [0.3, 0.4) is 0 Å². The van der Waals surface area contributed by atoms with E-state index in [0.717, 1.165) is 17.8 Å². The lowest BCUT2D eigenvalue weighted by molar-refractivity contribution is -0.124. The number of hydrogen-bond donors (Lipinski definition) is 1. The second-order valence-electron chi connectivity index (χ2n) is 3.14. The Balaban J connectivity index is 1.94. The molecule has 0 aromatic carbocycles. The molecule has 0 unspecified atom stereocenters. The molecule has 0 bridgehead atoms. The Morgan fingerprint density at radius 1 is 1.67 bits per heavy atom. The molecule has 0 saturated heterocycles. The van der Waals surface area contributed by atoms with Gasteiger partial charge in [-0.15, -0.1) is 11.3 Å². The molecule has 1 aliphatic carbocycles. The van der Waals surface area contributed by atoms with E-state index in [4.69, 9.17) is 5.73 Å². The number of carbonyl (C=O) groups excluding carboxylic acids is 1. The smallest absolute Gasteiger partial charge is 0.220 e. The average molecular weight is 182 g/mol. The lowest BCUT2D eigenvalue weighted by atomic mass is 9.75. The van der Waals surface area contributed by atoms with Gasteiger partial charge in [-0.1, -0.05) is 0 Å². The average Bonchev–Trinajstić information content (AvgIpc) is 2.34. The molecule has 1 aromatic rings. The third kappa shape index (κ3) is 1.22. The van der Waals surface area contributed by atoms with Gasteiger partial charge in [0.15, 0.2) is 0 Å². The molecule has 4 heteroatoms. The Kier molecular flexibility index (Phi) is 1.84. The number of amides is 1. The first-order valence-electron chi connectivity index (χ1n) is 3.96. The summed E-state index contributed by atoms with van der Waals surface area (Å²) in [6, 6.07) is 0. The molecule has 0 radical (unpaired) electrons. The standard InChI is InChI=1S/C8H10N2OS/c9-7(11)5-3-6(4-5)8-10-1-2-12-8/h1-2,5-6H,3-4H2,(H2,9,11). The number of aromatic nitrogens is 1. The summed E-state index contributed by atoms with van der Waals surface area (Å²) in [6.07, 6.45) is 3.59. The summed E-state index contributed by atoms with van der Waals surface area (Å²) in [6.45, 7) is 0. The molecule has 2 rings (SSSR count). The van der Waals surface area contributed by atoms with E-state index in [1.165, 1.54) is 0 Å². The van der Waals surface area contributed by atoms with Crippen molar-refractivity contribution >= 4 is 17.2 Å². The maximum absolute atomic E-state index is 10.7. The van der Waals surface area contributed by atoms with E-state index in [2.05, 4.69) is 4.98 Å². The Morgan fingerprint density at radius 2 is 2.42 bits per heavy atom. The number of hydrogen-bond acceptors (Lipinski definition) is 3. The van der Waals surface area contributed by atoms with Crippen molar-refractivity contribution in [1.82, 2.24) is 4.98 Å². The summed E-state index contributed by atoms with van der Waals surface area (Å²) in [4.78, 5) is 14.9. The third-order valence-corrected chi connectivity index (χ3v) is 3.28. The van der Waals surface area contributed by atoms with Crippen molar-refractivity contribution in [2.24, 2.45) is 11.7 Å². The Hall–Kier alpha value is -0.900. The minimum absolute atomic E-state index is 0.0962. The van der Waals surface area contributed by atoms with E-state index in [9.17, 15) is 4.79 Å². The molecule has 1 aromatic heterocycles. The highest BCUT2D eigenvalue weighted by molar-refractivity contribution is 7.09. The Morgan fingerprint density at radius 3 is 2.92 bits per heavy atom. The third-order valence-electron chi connectivity index (χ3n) is 2.34. The van der Waals surface area contributed by atoms with Crippen LogP contribution < -0.4 is 5.73 Å². The molecule has 1 heterocycles. The van der Waals surface area contributed by atoms with Gasteiger partial charge in [-0.2, -0.15) is 0 Å². The van der Waals surface area contributed by atoms with Crippen LogP contribution in [0.25, 0.3) is 0 Å². The van der Waals surface area contributed by atoms with Crippen LogP contribution in [0.5, 0.6) is 0 Å². The zero-order chi connectivity index (χ0) is 8.55. The summed E-state index contributed by atoms with van der Waals surface area (Å²) in [5, 5.41) is 3.11. The number of carbonyl (C=O) groups is 1. The van der Waals surface area contributed by atoms with Crippen LogP contribution in [0, 0.1) is 5.92 Å². The van der Waals surface area contributed by atoms with E-state index in [1.807, 2.05) is 5.38 Å². The van der Waals surface area contributed by atoms with E-state index in [-0.39, 0.29) is 11.8 Å². The highest BCUT2D eigenvalue weighted by atomic mass is 32.1. The normalized spacial score (nSPS) is 28.0. The van der Waals surface area contributed by atoms with Crippen LogP contribution in [0.4, 0.5) is 0 Å². The van der Waals surface area contributed by atoms with Crippen LogP contribution in [-0.2, 0) is 4.79 Å².